The Bertz CT molecular complexity index is 92.0. The molecule has 0 amide bonds. The average molecular weight is 113 g/mol. The molecule has 0 aliphatic rings. The molecule has 0 aliphatic heterocycles. The SMILES string of the molecule is N.NS(N)(=O)=O. The van der Waals surface area contributed by atoms with Crippen LogP contribution in [0.25, 0.3) is 0 Å². The van der Waals surface area contributed by atoms with Crippen LogP contribution in [0, 0.1) is 0 Å². The van der Waals surface area contributed by atoms with Crippen LogP contribution in [0.3, 0.4) is 0 Å². The normalized spacial score (nSPS) is 9.67. The summed E-state index contributed by atoms with van der Waals surface area (Å²) in [6, 6.07) is 0. The number of hydrogen-bond acceptors (Lipinski definition) is 3. The van der Waals surface area contributed by atoms with Crippen molar-refractivity contribution in [2.24, 2.45) is 10.3 Å². The second kappa shape index (κ2) is 2.08. The van der Waals surface area contributed by atoms with Crippen molar-refractivity contribution < 1.29 is 8.42 Å². The van der Waals surface area contributed by atoms with Crippen LogP contribution in [-0.2, 0) is 10.2 Å². The van der Waals surface area contributed by atoms with E-state index < -0.39 is 10.2 Å². The molecule has 0 aliphatic carbocycles. The first-order valence-electron chi connectivity index (χ1n) is 0.805. The Hall–Kier alpha value is -0.170. The van der Waals surface area contributed by atoms with E-state index >= 15 is 0 Å². The highest BCUT2D eigenvalue weighted by molar-refractivity contribution is 7.86. The van der Waals surface area contributed by atoms with E-state index in [0.717, 1.165) is 0 Å². The topological polar surface area (TPSA) is 121 Å². The molecule has 0 spiro atoms. The zero-order valence-electron chi connectivity index (χ0n) is 3.09. The minimum Gasteiger partial charge on any atom is -0.344 e. The summed E-state index contributed by atoms with van der Waals surface area (Å²) in [6.45, 7) is 0. The quantitative estimate of drug-likeness (QED) is 0.347. The fraction of sp³-hybridized carbons (Fsp3) is 0. The molecular formula is H7N3O2S. The third kappa shape index (κ3) is 1060. The fourth-order valence-electron chi connectivity index (χ4n) is 0. The predicted molar refractivity (Wildman–Crippen MR) is 22.3 cm³/mol. The molecule has 0 saturated carbocycles. The second-order valence-corrected chi connectivity index (χ2v) is 1.77. The van der Waals surface area contributed by atoms with Crippen molar-refractivity contribution in [3.63, 3.8) is 0 Å². The number of rotatable bonds is 0. The molecule has 0 bridgehead atoms. The molecule has 0 rings (SSSR count). The summed E-state index contributed by atoms with van der Waals surface area (Å²) in [5.74, 6) is 0. The van der Waals surface area contributed by atoms with Crippen molar-refractivity contribution in [1.29, 1.82) is 0 Å². The smallest absolute Gasteiger partial charge is 0.271 e. The monoisotopic (exact) mass is 113 g/mol. The average Bonchev–Trinajstić information content (AvgIpc) is 0.722. The zero-order valence-corrected chi connectivity index (χ0v) is 3.90. The van der Waals surface area contributed by atoms with Crippen molar-refractivity contribution in [3.8, 4) is 0 Å². The van der Waals surface area contributed by atoms with Gasteiger partial charge in [-0.25, -0.2) is 10.3 Å². The van der Waals surface area contributed by atoms with Gasteiger partial charge < -0.3 is 6.15 Å². The molecule has 40 valence electrons. The van der Waals surface area contributed by atoms with Crippen LogP contribution in [0.5, 0.6) is 0 Å². The maximum absolute atomic E-state index is 9.19. The Balaban J connectivity index is 0. The summed E-state index contributed by atoms with van der Waals surface area (Å²) < 4.78 is 18.4. The standard InChI is InChI=1S/H4N2O2S.H3N/c1-5(2,3)4;/h(H4,1,2,3,4);1H3. The first-order valence-corrected chi connectivity index (χ1v) is 2.41. The molecule has 0 fully saturated rings. The molecule has 0 atom stereocenters. The van der Waals surface area contributed by atoms with E-state index in [1.54, 1.807) is 0 Å². The van der Waals surface area contributed by atoms with Gasteiger partial charge in [0.05, 0.1) is 0 Å². The van der Waals surface area contributed by atoms with Crippen LogP contribution in [0.4, 0.5) is 0 Å². The van der Waals surface area contributed by atoms with Gasteiger partial charge in [0, 0.05) is 0 Å². The van der Waals surface area contributed by atoms with E-state index in [-0.39, 0.29) is 6.15 Å². The summed E-state index contributed by atoms with van der Waals surface area (Å²) in [4.78, 5) is 0. The van der Waals surface area contributed by atoms with Gasteiger partial charge in [-0.2, -0.15) is 8.42 Å². The van der Waals surface area contributed by atoms with E-state index in [1.807, 2.05) is 0 Å². The Morgan fingerprint density at radius 2 is 1.17 bits per heavy atom. The molecule has 5 nitrogen and oxygen atoms in total. The van der Waals surface area contributed by atoms with Gasteiger partial charge in [0.25, 0.3) is 10.2 Å². The van der Waals surface area contributed by atoms with Gasteiger partial charge in [-0.05, 0) is 0 Å². The molecule has 0 saturated heterocycles. The summed E-state index contributed by atoms with van der Waals surface area (Å²) in [6.07, 6.45) is 0. The maximum Gasteiger partial charge on any atom is 0.271 e. The molecule has 6 heavy (non-hydrogen) atoms. The number of hydrogen-bond donors (Lipinski definition) is 3. The van der Waals surface area contributed by atoms with Crippen molar-refractivity contribution >= 4 is 10.2 Å². The van der Waals surface area contributed by atoms with Gasteiger partial charge in [0.1, 0.15) is 0 Å². The van der Waals surface area contributed by atoms with Crippen molar-refractivity contribution in [2.75, 3.05) is 0 Å². The van der Waals surface area contributed by atoms with E-state index in [4.69, 9.17) is 0 Å². The van der Waals surface area contributed by atoms with Crippen LogP contribution in [-0.4, -0.2) is 8.42 Å². The van der Waals surface area contributed by atoms with Gasteiger partial charge in [-0.15, -0.1) is 0 Å². The molecule has 0 aromatic heterocycles. The Morgan fingerprint density at radius 1 is 1.17 bits per heavy atom. The molecular weight excluding hydrogens is 106 g/mol. The van der Waals surface area contributed by atoms with Crippen molar-refractivity contribution in [2.45, 2.75) is 0 Å². The van der Waals surface area contributed by atoms with E-state index in [1.165, 1.54) is 0 Å². The summed E-state index contributed by atoms with van der Waals surface area (Å²) in [7, 11) is -3.67. The maximum atomic E-state index is 9.19. The van der Waals surface area contributed by atoms with Crippen LogP contribution in [0.15, 0.2) is 0 Å². The van der Waals surface area contributed by atoms with Gasteiger partial charge in [0.15, 0.2) is 0 Å². The Kier molecular flexibility index (Phi) is 3.22. The lowest BCUT2D eigenvalue weighted by Gasteiger charge is -1.72. The third-order valence-electron chi connectivity index (χ3n) is 0. The lowest BCUT2D eigenvalue weighted by atomic mass is 13.9. The molecule has 0 heterocycles. The van der Waals surface area contributed by atoms with Crippen molar-refractivity contribution in [3.05, 3.63) is 0 Å². The van der Waals surface area contributed by atoms with E-state index in [0.29, 0.717) is 0 Å². The summed E-state index contributed by atoms with van der Waals surface area (Å²) in [5, 5.41) is 8.21. The largest absolute Gasteiger partial charge is 0.344 e. The highest BCUT2D eigenvalue weighted by Crippen LogP contribution is 1.40. The van der Waals surface area contributed by atoms with Gasteiger partial charge in [-0.1, -0.05) is 0 Å². The lowest BCUT2D eigenvalue weighted by molar-refractivity contribution is 0.599. The van der Waals surface area contributed by atoms with Crippen LogP contribution in [0.2, 0.25) is 0 Å². The minimum absolute atomic E-state index is 0. The fourth-order valence-corrected chi connectivity index (χ4v) is 0. The molecule has 6 heteroatoms. The predicted octanol–water partition coefficient (Wildman–Crippen LogP) is -1.69. The molecule has 7 N–H and O–H groups in total. The summed E-state index contributed by atoms with van der Waals surface area (Å²) >= 11 is 0. The highest BCUT2D eigenvalue weighted by atomic mass is 32.2. The third-order valence-corrected chi connectivity index (χ3v) is 0. The van der Waals surface area contributed by atoms with E-state index in [2.05, 4.69) is 10.3 Å². The molecule has 0 unspecified atom stereocenters. The van der Waals surface area contributed by atoms with Crippen LogP contribution >= 0.6 is 0 Å². The Labute approximate surface area is 36.1 Å². The second-order valence-electron chi connectivity index (χ2n) is 0.589. The first-order chi connectivity index (χ1) is 2.00. The summed E-state index contributed by atoms with van der Waals surface area (Å²) in [5.41, 5.74) is 0. The molecule has 0 radical (unpaired) electrons. The van der Waals surface area contributed by atoms with Gasteiger partial charge in [0.2, 0.25) is 0 Å². The Morgan fingerprint density at radius 3 is 1.17 bits per heavy atom. The first kappa shape index (κ1) is 9.27. The minimum atomic E-state index is -3.67. The van der Waals surface area contributed by atoms with Crippen LogP contribution in [0.1, 0.15) is 0 Å². The number of nitrogens with two attached hydrogens (primary N) is 2. The van der Waals surface area contributed by atoms with E-state index in [9.17, 15) is 8.42 Å². The van der Waals surface area contributed by atoms with Gasteiger partial charge >= 0.3 is 0 Å². The lowest BCUT2D eigenvalue weighted by Crippen LogP contribution is -2.21. The van der Waals surface area contributed by atoms with Gasteiger partial charge in [-0.3, -0.25) is 0 Å². The highest BCUT2D eigenvalue weighted by Gasteiger charge is 1.78. The molecule has 0 aromatic rings. The zero-order chi connectivity index (χ0) is 4.50. The molecule has 0 aromatic carbocycles. The van der Waals surface area contributed by atoms with Crippen LogP contribution < -0.4 is 16.4 Å². The van der Waals surface area contributed by atoms with Crippen molar-refractivity contribution in [1.82, 2.24) is 6.15 Å².